The quantitative estimate of drug-likeness (QED) is 0.893. The molecule has 16 heavy (non-hydrogen) atoms. The van der Waals surface area contributed by atoms with Gasteiger partial charge in [-0.3, -0.25) is 0 Å². The van der Waals surface area contributed by atoms with Crippen molar-refractivity contribution in [1.29, 1.82) is 0 Å². The highest BCUT2D eigenvalue weighted by Crippen LogP contribution is 2.42. The molecule has 0 amide bonds. The van der Waals surface area contributed by atoms with Crippen LogP contribution < -0.4 is 5.32 Å². The van der Waals surface area contributed by atoms with Crippen molar-refractivity contribution in [3.8, 4) is 0 Å². The van der Waals surface area contributed by atoms with Gasteiger partial charge in [0.2, 0.25) is 0 Å². The number of hydrogen-bond acceptors (Lipinski definition) is 2. The molecule has 0 bridgehead atoms. The second kappa shape index (κ2) is 3.83. The Bertz CT molecular complexity index is 414. The van der Waals surface area contributed by atoms with Crippen LogP contribution in [0.15, 0.2) is 22.7 Å². The molecule has 0 radical (unpaired) electrons. The molecule has 1 atom stereocenters. The molecule has 0 aliphatic heterocycles. The average Bonchev–Trinajstić information content (AvgIpc) is 2.95. The van der Waals surface area contributed by atoms with Crippen molar-refractivity contribution in [2.24, 2.45) is 0 Å². The fourth-order valence-electron chi connectivity index (χ4n) is 2.63. The summed E-state index contributed by atoms with van der Waals surface area (Å²) >= 11 is 3.61. The van der Waals surface area contributed by atoms with E-state index in [2.05, 4.69) is 39.4 Å². The lowest BCUT2D eigenvalue weighted by Gasteiger charge is -2.21. The van der Waals surface area contributed by atoms with Gasteiger partial charge in [0.1, 0.15) is 0 Å². The minimum atomic E-state index is 0.0363. The highest BCUT2D eigenvalue weighted by molar-refractivity contribution is 9.10. The minimum Gasteiger partial charge on any atom is -0.394 e. The van der Waals surface area contributed by atoms with Crippen molar-refractivity contribution in [3.63, 3.8) is 0 Å². The van der Waals surface area contributed by atoms with Gasteiger partial charge in [-0.15, -0.1) is 0 Å². The monoisotopic (exact) mass is 281 g/mol. The lowest BCUT2D eigenvalue weighted by molar-refractivity contribution is 0.218. The first kappa shape index (κ1) is 10.8. The van der Waals surface area contributed by atoms with E-state index in [4.69, 9.17) is 0 Å². The van der Waals surface area contributed by atoms with Gasteiger partial charge in [-0.2, -0.15) is 0 Å². The molecule has 1 aromatic rings. The number of fused-ring (bicyclic) bond motifs is 1. The summed E-state index contributed by atoms with van der Waals surface area (Å²) in [6, 6.07) is 6.85. The molecule has 1 saturated carbocycles. The molecule has 2 nitrogen and oxygen atoms in total. The van der Waals surface area contributed by atoms with E-state index in [1.165, 1.54) is 15.6 Å². The summed E-state index contributed by atoms with van der Waals surface area (Å²) in [6.45, 7) is 0.271. The summed E-state index contributed by atoms with van der Waals surface area (Å²) in [4.78, 5) is 0. The molecule has 1 aromatic carbocycles. The fourth-order valence-corrected chi connectivity index (χ4v) is 3.21. The zero-order valence-electron chi connectivity index (χ0n) is 9.17. The molecule has 1 fully saturated rings. The minimum absolute atomic E-state index is 0.0363. The van der Waals surface area contributed by atoms with Gasteiger partial charge < -0.3 is 10.4 Å². The van der Waals surface area contributed by atoms with Crippen LogP contribution in [0.2, 0.25) is 0 Å². The first-order chi connectivity index (χ1) is 7.74. The van der Waals surface area contributed by atoms with E-state index in [-0.39, 0.29) is 12.1 Å². The van der Waals surface area contributed by atoms with Gasteiger partial charge in [0.15, 0.2) is 0 Å². The fraction of sp³-hybridized carbons (Fsp3) is 0.538. The Morgan fingerprint density at radius 2 is 2.25 bits per heavy atom. The summed E-state index contributed by atoms with van der Waals surface area (Å²) < 4.78 is 1.23. The molecule has 1 unspecified atom stereocenters. The van der Waals surface area contributed by atoms with E-state index >= 15 is 0 Å². The molecule has 0 heterocycles. The largest absolute Gasteiger partial charge is 0.394 e. The summed E-state index contributed by atoms with van der Waals surface area (Å²) in [5, 5.41) is 13.0. The molecule has 2 aliphatic rings. The summed E-state index contributed by atoms with van der Waals surface area (Å²) in [7, 11) is 0. The SMILES string of the molecule is OCC1(NC2CCc3c(Br)cccc32)CC1. The third-order valence-electron chi connectivity index (χ3n) is 3.85. The van der Waals surface area contributed by atoms with E-state index in [9.17, 15) is 5.11 Å². The topological polar surface area (TPSA) is 32.3 Å². The van der Waals surface area contributed by atoms with Gasteiger partial charge in [0, 0.05) is 16.1 Å². The Hall–Kier alpha value is -0.380. The van der Waals surface area contributed by atoms with Gasteiger partial charge in [0.25, 0.3) is 0 Å². The molecule has 0 saturated heterocycles. The van der Waals surface area contributed by atoms with Crippen LogP contribution in [0.25, 0.3) is 0 Å². The number of halogens is 1. The van der Waals surface area contributed by atoms with Crippen LogP contribution in [-0.4, -0.2) is 17.3 Å². The first-order valence-corrected chi connectivity index (χ1v) is 6.69. The lowest BCUT2D eigenvalue weighted by Crippen LogP contribution is -2.37. The second-order valence-electron chi connectivity index (χ2n) is 4.98. The van der Waals surface area contributed by atoms with Crippen molar-refractivity contribution in [2.75, 3.05) is 6.61 Å². The molecule has 0 spiro atoms. The van der Waals surface area contributed by atoms with Crippen molar-refractivity contribution in [3.05, 3.63) is 33.8 Å². The van der Waals surface area contributed by atoms with Crippen LogP contribution >= 0.6 is 15.9 Å². The number of hydrogen-bond donors (Lipinski definition) is 2. The highest BCUT2D eigenvalue weighted by atomic mass is 79.9. The molecule has 3 heteroatoms. The van der Waals surface area contributed by atoms with E-state index < -0.39 is 0 Å². The first-order valence-electron chi connectivity index (χ1n) is 5.90. The highest BCUT2D eigenvalue weighted by Gasteiger charge is 2.44. The van der Waals surface area contributed by atoms with Gasteiger partial charge in [-0.25, -0.2) is 0 Å². The number of rotatable bonds is 3. The van der Waals surface area contributed by atoms with E-state index in [1.807, 2.05) is 0 Å². The van der Waals surface area contributed by atoms with Crippen molar-refractivity contribution in [1.82, 2.24) is 5.32 Å². The van der Waals surface area contributed by atoms with Crippen LogP contribution in [0, 0.1) is 0 Å². The third kappa shape index (κ3) is 1.71. The maximum atomic E-state index is 9.35. The predicted molar refractivity (Wildman–Crippen MR) is 67.4 cm³/mol. The van der Waals surface area contributed by atoms with Crippen LogP contribution in [0.4, 0.5) is 0 Å². The molecular formula is C13H16BrNO. The van der Waals surface area contributed by atoms with Crippen molar-refractivity contribution in [2.45, 2.75) is 37.3 Å². The molecule has 86 valence electrons. The summed E-state index contributed by atoms with van der Waals surface area (Å²) in [6.07, 6.45) is 4.52. The maximum Gasteiger partial charge on any atom is 0.0613 e. The predicted octanol–water partition coefficient (Wildman–Crippen LogP) is 2.55. The molecule has 3 rings (SSSR count). The van der Waals surface area contributed by atoms with E-state index in [1.54, 1.807) is 0 Å². The Balaban J connectivity index is 1.84. The summed E-state index contributed by atoms with van der Waals surface area (Å²) in [5.74, 6) is 0. The molecule has 2 aliphatic carbocycles. The van der Waals surface area contributed by atoms with Crippen molar-refractivity contribution >= 4 is 15.9 Å². The maximum absolute atomic E-state index is 9.35. The Kier molecular flexibility index (Phi) is 2.57. The van der Waals surface area contributed by atoms with Gasteiger partial charge in [-0.1, -0.05) is 28.1 Å². The standard InChI is InChI=1S/C13H16BrNO/c14-11-3-1-2-10-9(11)4-5-12(10)15-13(8-16)6-7-13/h1-3,12,15-16H,4-8H2. The Labute approximate surface area is 104 Å². The molecule has 2 N–H and O–H groups in total. The zero-order valence-corrected chi connectivity index (χ0v) is 10.8. The van der Waals surface area contributed by atoms with Gasteiger partial charge in [-0.05, 0) is 42.9 Å². The van der Waals surface area contributed by atoms with Crippen LogP contribution in [0.5, 0.6) is 0 Å². The normalized spacial score (nSPS) is 25.5. The number of aliphatic hydroxyl groups excluding tert-OH is 1. The van der Waals surface area contributed by atoms with Crippen LogP contribution in [0.1, 0.15) is 36.4 Å². The number of aliphatic hydroxyl groups is 1. The summed E-state index contributed by atoms with van der Waals surface area (Å²) in [5.41, 5.74) is 2.89. The van der Waals surface area contributed by atoms with E-state index in [0.29, 0.717) is 6.04 Å². The molecule has 0 aromatic heterocycles. The van der Waals surface area contributed by atoms with E-state index in [0.717, 1.165) is 25.7 Å². The number of benzene rings is 1. The average molecular weight is 282 g/mol. The van der Waals surface area contributed by atoms with Gasteiger partial charge in [0.05, 0.1) is 6.61 Å². The van der Waals surface area contributed by atoms with Crippen molar-refractivity contribution < 1.29 is 5.11 Å². The number of nitrogens with one attached hydrogen (secondary N) is 1. The van der Waals surface area contributed by atoms with Gasteiger partial charge >= 0.3 is 0 Å². The smallest absolute Gasteiger partial charge is 0.0613 e. The lowest BCUT2D eigenvalue weighted by atomic mass is 10.1. The second-order valence-corrected chi connectivity index (χ2v) is 5.84. The Morgan fingerprint density at radius 3 is 2.94 bits per heavy atom. The Morgan fingerprint density at radius 1 is 1.44 bits per heavy atom. The third-order valence-corrected chi connectivity index (χ3v) is 4.59. The molecular weight excluding hydrogens is 266 g/mol. The van der Waals surface area contributed by atoms with Crippen LogP contribution in [-0.2, 0) is 6.42 Å². The van der Waals surface area contributed by atoms with Crippen LogP contribution in [0.3, 0.4) is 0 Å². The zero-order chi connectivity index (χ0) is 11.2.